The molecular weight excluding hydrogens is 232 g/mol. The molecule has 2 amide bonds. The maximum absolute atomic E-state index is 13.0. The quantitative estimate of drug-likeness (QED) is 0.740. The fourth-order valence-corrected chi connectivity index (χ4v) is 1.91. The van der Waals surface area contributed by atoms with Crippen molar-refractivity contribution in [2.45, 2.75) is 18.8 Å². The second kappa shape index (κ2) is 4.03. The number of alkyl halides is 2. The van der Waals surface area contributed by atoms with Gasteiger partial charge in [-0.2, -0.15) is 0 Å². The van der Waals surface area contributed by atoms with Crippen LogP contribution in [-0.2, 0) is 9.59 Å². The summed E-state index contributed by atoms with van der Waals surface area (Å²) in [5, 5.41) is 8.46. The lowest BCUT2D eigenvalue weighted by molar-refractivity contribution is -0.146. The van der Waals surface area contributed by atoms with Crippen LogP contribution in [0.3, 0.4) is 0 Å². The molecule has 0 unspecified atom stereocenters. The summed E-state index contributed by atoms with van der Waals surface area (Å²) in [6.45, 7) is -2.45. The van der Waals surface area contributed by atoms with E-state index in [1.54, 1.807) is 6.08 Å². The fourth-order valence-electron chi connectivity index (χ4n) is 1.91. The van der Waals surface area contributed by atoms with Crippen molar-refractivity contribution < 1.29 is 23.5 Å². The van der Waals surface area contributed by atoms with Gasteiger partial charge in [-0.05, 0) is 12.8 Å². The van der Waals surface area contributed by atoms with Crippen molar-refractivity contribution in [3.8, 4) is 0 Å². The van der Waals surface area contributed by atoms with Gasteiger partial charge in [-0.3, -0.25) is 14.5 Å². The van der Waals surface area contributed by atoms with Gasteiger partial charge in [0.05, 0.1) is 6.54 Å². The molecule has 1 aliphatic carbocycles. The van der Waals surface area contributed by atoms with Crippen molar-refractivity contribution in [2.75, 3.05) is 13.2 Å². The van der Waals surface area contributed by atoms with Crippen LogP contribution in [0.2, 0.25) is 0 Å². The number of carbonyl (C=O) groups is 2. The van der Waals surface area contributed by atoms with E-state index in [4.69, 9.17) is 5.11 Å². The molecule has 0 saturated heterocycles. The Morgan fingerprint density at radius 1 is 1.35 bits per heavy atom. The van der Waals surface area contributed by atoms with E-state index >= 15 is 0 Å². The zero-order chi connectivity index (χ0) is 12.6. The molecule has 0 aromatic carbocycles. The number of amides is 2. The molecule has 0 fully saturated rings. The van der Waals surface area contributed by atoms with Gasteiger partial charge >= 0.3 is 0 Å². The van der Waals surface area contributed by atoms with Gasteiger partial charge in [0.1, 0.15) is 6.61 Å². The SMILES string of the molecule is O=C1C2=C(CCC=C2)C(=O)N1CC(F)(F)CO. The van der Waals surface area contributed by atoms with Crippen LogP contribution in [-0.4, -0.2) is 40.9 Å². The van der Waals surface area contributed by atoms with Gasteiger partial charge in [-0.25, -0.2) is 8.78 Å². The highest BCUT2D eigenvalue weighted by Gasteiger charge is 2.43. The van der Waals surface area contributed by atoms with Crippen LogP contribution in [0.15, 0.2) is 23.3 Å². The molecule has 0 aromatic rings. The van der Waals surface area contributed by atoms with Crippen LogP contribution >= 0.6 is 0 Å². The van der Waals surface area contributed by atoms with Crippen LogP contribution < -0.4 is 0 Å². The summed E-state index contributed by atoms with van der Waals surface area (Å²) in [6, 6.07) is 0. The van der Waals surface area contributed by atoms with Crippen molar-refractivity contribution in [1.82, 2.24) is 4.90 Å². The minimum Gasteiger partial charge on any atom is -0.390 e. The molecule has 0 aromatic heterocycles. The number of imide groups is 1. The Morgan fingerprint density at radius 2 is 2.06 bits per heavy atom. The molecule has 2 aliphatic rings. The first-order chi connectivity index (χ1) is 7.96. The Bertz CT molecular complexity index is 440. The maximum atomic E-state index is 13.0. The molecule has 17 heavy (non-hydrogen) atoms. The number of aliphatic hydroxyl groups excluding tert-OH is 1. The first-order valence-electron chi connectivity index (χ1n) is 5.21. The van der Waals surface area contributed by atoms with Crippen molar-refractivity contribution in [3.05, 3.63) is 23.3 Å². The molecule has 0 saturated carbocycles. The molecule has 0 bridgehead atoms. The summed E-state index contributed by atoms with van der Waals surface area (Å²) in [5.74, 6) is -4.82. The number of aliphatic hydroxyl groups is 1. The average molecular weight is 243 g/mol. The lowest BCUT2D eigenvalue weighted by Gasteiger charge is -2.20. The van der Waals surface area contributed by atoms with Crippen LogP contribution in [0.25, 0.3) is 0 Å². The van der Waals surface area contributed by atoms with E-state index < -0.39 is 30.9 Å². The fraction of sp³-hybridized carbons (Fsp3) is 0.455. The number of allylic oxidation sites excluding steroid dienone is 1. The van der Waals surface area contributed by atoms with Gasteiger partial charge in [0.2, 0.25) is 0 Å². The van der Waals surface area contributed by atoms with E-state index in [0.29, 0.717) is 23.3 Å². The van der Waals surface area contributed by atoms with E-state index in [0.717, 1.165) is 0 Å². The summed E-state index contributed by atoms with van der Waals surface area (Å²) in [7, 11) is 0. The van der Waals surface area contributed by atoms with Gasteiger partial charge in [-0.1, -0.05) is 12.2 Å². The molecule has 0 atom stereocenters. The van der Waals surface area contributed by atoms with E-state index in [9.17, 15) is 18.4 Å². The van der Waals surface area contributed by atoms with Crippen molar-refractivity contribution >= 4 is 11.8 Å². The zero-order valence-electron chi connectivity index (χ0n) is 8.95. The normalized spacial score (nSPS) is 20.3. The molecule has 2 rings (SSSR count). The largest absolute Gasteiger partial charge is 0.390 e. The Morgan fingerprint density at radius 3 is 2.65 bits per heavy atom. The molecule has 1 heterocycles. The third-order valence-electron chi connectivity index (χ3n) is 2.77. The molecule has 6 heteroatoms. The standard InChI is InChI=1S/C11H11F2NO3/c12-11(13,6-15)5-14-9(16)7-3-1-2-4-8(7)10(14)17/h1,3,15H,2,4-6H2. The lowest BCUT2D eigenvalue weighted by Crippen LogP contribution is -2.43. The summed E-state index contributed by atoms with van der Waals surface area (Å²) in [4.78, 5) is 24.0. The Balaban J connectivity index is 2.22. The monoisotopic (exact) mass is 243 g/mol. The first kappa shape index (κ1) is 11.9. The predicted molar refractivity (Wildman–Crippen MR) is 54.2 cm³/mol. The molecule has 4 nitrogen and oxygen atoms in total. The number of rotatable bonds is 3. The molecule has 1 aliphatic heterocycles. The van der Waals surface area contributed by atoms with Crippen LogP contribution in [0.1, 0.15) is 12.8 Å². The Labute approximate surface area is 96.2 Å². The van der Waals surface area contributed by atoms with Crippen molar-refractivity contribution in [1.29, 1.82) is 0 Å². The summed E-state index contributed by atoms with van der Waals surface area (Å²) < 4.78 is 26.0. The van der Waals surface area contributed by atoms with Crippen LogP contribution in [0, 0.1) is 0 Å². The van der Waals surface area contributed by atoms with Gasteiger partial charge in [-0.15, -0.1) is 0 Å². The summed E-state index contributed by atoms with van der Waals surface area (Å²) in [5.41, 5.74) is 0.501. The van der Waals surface area contributed by atoms with Crippen LogP contribution in [0.5, 0.6) is 0 Å². The smallest absolute Gasteiger partial charge is 0.288 e. The molecule has 1 N–H and O–H groups in total. The molecule has 92 valence electrons. The second-order valence-electron chi connectivity index (χ2n) is 4.04. The number of nitrogens with zero attached hydrogens (tertiary/aromatic N) is 1. The van der Waals surface area contributed by atoms with Gasteiger partial charge in [0.25, 0.3) is 17.7 Å². The summed E-state index contributed by atoms with van der Waals surface area (Å²) >= 11 is 0. The highest BCUT2D eigenvalue weighted by molar-refractivity contribution is 6.20. The second-order valence-corrected chi connectivity index (χ2v) is 4.04. The van der Waals surface area contributed by atoms with Gasteiger partial charge < -0.3 is 5.11 Å². The molecule has 0 radical (unpaired) electrons. The number of hydrogen-bond acceptors (Lipinski definition) is 3. The van der Waals surface area contributed by atoms with E-state index in [1.807, 2.05) is 0 Å². The Kier molecular flexibility index (Phi) is 2.82. The van der Waals surface area contributed by atoms with E-state index in [1.165, 1.54) is 6.08 Å². The third kappa shape index (κ3) is 2.00. The number of carbonyl (C=O) groups excluding carboxylic acids is 2. The Hall–Kier alpha value is -1.56. The molecular formula is C11H11F2NO3. The highest BCUT2D eigenvalue weighted by Crippen LogP contribution is 2.30. The average Bonchev–Trinajstić information content (AvgIpc) is 2.55. The van der Waals surface area contributed by atoms with Crippen molar-refractivity contribution in [3.63, 3.8) is 0 Å². The molecule has 0 spiro atoms. The number of hydrogen-bond donors (Lipinski definition) is 1. The van der Waals surface area contributed by atoms with E-state index in [-0.39, 0.29) is 5.57 Å². The summed E-state index contributed by atoms with van der Waals surface area (Å²) in [6.07, 6.45) is 4.26. The predicted octanol–water partition coefficient (Wildman–Crippen LogP) is 0.629. The zero-order valence-corrected chi connectivity index (χ0v) is 8.95. The van der Waals surface area contributed by atoms with Crippen LogP contribution in [0.4, 0.5) is 8.78 Å². The minimum absolute atomic E-state index is 0.204. The highest BCUT2D eigenvalue weighted by atomic mass is 19.3. The first-order valence-corrected chi connectivity index (χ1v) is 5.21. The third-order valence-corrected chi connectivity index (χ3v) is 2.77. The maximum Gasteiger partial charge on any atom is 0.288 e. The number of halogens is 2. The lowest BCUT2D eigenvalue weighted by atomic mass is 10.00. The van der Waals surface area contributed by atoms with E-state index in [2.05, 4.69) is 0 Å². The van der Waals surface area contributed by atoms with Crippen molar-refractivity contribution in [2.24, 2.45) is 0 Å². The van der Waals surface area contributed by atoms with Gasteiger partial charge in [0, 0.05) is 11.1 Å². The topological polar surface area (TPSA) is 57.6 Å². The van der Waals surface area contributed by atoms with Gasteiger partial charge in [0.15, 0.2) is 0 Å². The minimum atomic E-state index is -3.45.